The first-order valence-corrected chi connectivity index (χ1v) is 6.80. The van der Waals surface area contributed by atoms with Crippen LogP contribution in [0.3, 0.4) is 0 Å². The maximum absolute atomic E-state index is 11.6. The molecule has 2 aromatic rings. The predicted octanol–water partition coefficient (Wildman–Crippen LogP) is 2.10. The summed E-state index contributed by atoms with van der Waals surface area (Å²) in [7, 11) is 1.59. The number of nitrogens with zero attached hydrogens (tertiary/aromatic N) is 2. The molecule has 2 rings (SSSR count). The number of carbonyl (C=O) groups is 1. The minimum Gasteiger partial charge on any atom is -0.497 e. The Morgan fingerprint density at radius 2 is 1.83 bits per heavy atom. The summed E-state index contributed by atoms with van der Waals surface area (Å²) < 4.78 is 10.3. The number of methoxy groups -OCH3 is 1. The van der Waals surface area contributed by atoms with Crippen LogP contribution in [0.2, 0.25) is 0 Å². The van der Waals surface area contributed by atoms with E-state index in [1.165, 1.54) is 6.21 Å². The first-order chi connectivity index (χ1) is 11.2. The molecule has 0 saturated heterocycles. The maximum Gasteiger partial charge on any atom is 0.277 e. The molecule has 0 radical (unpaired) electrons. The number of nitrogens with one attached hydrogen (secondary N) is 1. The molecule has 23 heavy (non-hydrogen) atoms. The number of ether oxygens (including phenoxy) is 2. The number of hydrogen-bond acceptors (Lipinski definition) is 5. The highest BCUT2D eigenvalue weighted by Gasteiger charge is 2.01. The summed E-state index contributed by atoms with van der Waals surface area (Å²) in [5.74, 6) is 0.888. The number of hydrazone groups is 1. The molecule has 1 N–H and O–H groups in total. The van der Waals surface area contributed by atoms with Crippen LogP contribution in [0.25, 0.3) is 0 Å². The van der Waals surface area contributed by atoms with Gasteiger partial charge in [0.2, 0.25) is 0 Å². The first-order valence-electron chi connectivity index (χ1n) is 6.80. The van der Waals surface area contributed by atoms with Crippen LogP contribution in [0.1, 0.15) is 11.1 Å². The third-order valence-corrected chi connectivity index (χ3v) is 2.87. The van der Waals surface area contributed by atoms with Crippen LogP contribution in [0.15, 0.2) is 53.6 Å². The van der Waals surface area contributed by atoms with Gasteiger partial charge >= 0.3 is 0 Å². The molecule has 0 fully saturated rings. The van der Waals surface area contributed by atoms with Crippen LogP contribution in [0, 0.1) is 11.3 Å². The molecule has 6 heteroatoms. The van der Waals surface area contributed by atoms with Gasteiger partial charge in [0.05, 0.1) is 25.0 Å². The Labute approximate surface area is 134 Å². The number of benzene rings is 2. The van der Waals surface area contributed by atoms with Crippen molar-refractivity contribution in [2.24, 2.45) is 5.10 Å². The lowest BCUT2D eigenvalue weighted by molar-refractivity contribution is -0.123. The highest BCUT2D eigenvalue weighted by molar-refractivity contribution is 5.83. The van der Waals surface area contributed by atoms with Gasteiger partial charge in [-0.1, -0.05) is 0 Å². The second-order valence-corrected chi connectivity index (χ2v) is 4.49. The van der Waals surface area contributed by atoms with E-state index in [4.69, 9.17) is 14.7 Å². The second kappa shape index (κ2) is 8.20. The van der Waals surface area contributed by atoms with Crippen LogP contribution in [0.4, 0.5) is 0 Å². The molecule has 0 bridgehead atoms. The average Bonchev–Trinajstić information content (AvgIpc) is 2.61. The molecule has 1 amide bonds. The van der Waals surface area contributed by atoms with Gasteiger partial charge in [-0.2, -0.15) is 10.4 Å². The molecule has 0 spiro atoms. The van der Waals surface area contributed by atoms with E-state index in [1.807, 2.05) is 18.2 Å². The lowest BCUT2D eigenvalue weighted by Gasteiger charge is -2.04. The standard InChI is InChI=1S/C17H15N3O3/c1-22-15-6-4-14(5-7-15)11-19-20-17(21)12-23-16-8-2-13(10-18)3-9-16/h2-9,11H,12H2,1H3,(H,20,21)/b19-11+. The summed E-state index contributed by atoms with van der Waals surface area (Å²) in [6.07, 6.45) is 1.53. The Bertz CT molecular complexity index is 716. The van der Waals surface area contributed by atoms with Crippen molar-refractivity contribution in [1.82, 2.24) is 5.43 Å². The normalized spacial score (nSPS) is 10.1. The number of nitriles is 1. The summed E-state index contributed by atoms with van der Waals surface area (Å²) in [5.41, 5.74) is 3.74. The molecule has 116 valence electrons. The molecule has 6 nitrogen and oxygen atoms in total. The molecule has 0 saturated carbocycles. The Hall–Kier alpha value is -3.33. The van der Waals surface area contributed by atoms with Gasteiger partial charge in [-0.25, -0.2) is 5.43 Å². The van der Waals surface area contributed by atoms with Crippen molar-refractivity contribution in [3.63, 3.8) is 0 Å². The number of hydrogen-bond donors (Lipinski definition) is 1. The minimum atomic E-state index is -0.376. The highest BCUT2D eigenvalue weighted by Crippen LogP contribution is 2.11. The van der Waals surface area contributed by atoms with Gasteiger partial charge < -0.3 is 9.47 Å². The zero-order valence-electron chi connectivity index (χ0n) is 12.5. The third kappa shape index (κ3) is 5.17. The van der Waals surface area contributed by atoms with E-state index in [0.717, 1.165) is 11.3 Å². The second-order valence-electron chi connectivity index (χ2n) is 4.49. The quantitative estimate of drug-likeness (QED) is 0.654. The van der Waals surface area contributed by atoms with Gasteiger partial charge in [0.15, 0.2) is 6.61 Å². The van der Waals surface area contributed by atoms with Gasteiger partial charge in [-0.15, -0.1) is 0 Å². The smallest absolute Gasteiger partial charge is 0.277 e. The Kier molecular flexibility index (Phi) is 5.72. The van der Waals surface area contributed by atoms with Crippen molar-refractivity contribution in [3.8, 4) is 17.6 Å². The fraction of sp³-hybridized carbons (Fsp3) is 0.118. The Balaban J connectivity index is 1.77. The Morgan fingerprint density at radius 1 is 1.17 bits per heavy atom. The van der Waals surface area contributed by atoms with Gasteiger partial charge in [0.25, 0.3) is 5.91 Å². The lowest BCUT2D eigenvalue weighted by Crippen LogP contribution is -2.24. The maximum atomic E-state index is 11.6. The molecular formula is C17H15N3O3. The Morgan fingerprint density at radius 3 is 2.43 bits per heavy atom. The van der Waals surface area contributed by atoms with Gasteiger partial charge in [-0.3, -0.25) is 4.79 Å². The minimum absolute atomic E-state index is 0.161. The molecule has 2 aromatic carbocycles. The summed E-state index contributed by atoms with van der Waals surface area (Å²) in [5, 5.41) is 12.5. The van der Waals surface area contributed by atoms with Crippen LogP contribution in [0.5, 0.6) is 11.5 Å². The number of carbonyl (C=O) groups excluding carboxylic acids is 1. The van der Waals surface area contributed by atoms with Crippen molar-refractivity contribution in [2.75, 3.05) is 13.7 Å². The number of amides is 1. The molecule has 0 heterocycles. The van der Waals surface area contributed by atoms with Crippen LogP contribution in [-0.2, 0) is 4.79 Å². The SMILES string of the molecule is COc1ccc(/C=N/NC(=O)COc2ccc(C#N)cc2)cc1. The van der Waals surface area contributed by atoms with E-state index in [0.29, 0.717) is 11.3 Å². The predicted molar refractivity (Wildman–Crippen MR) is 85.4 cm³/mol. The summed E-state index contributed by atoms with van der Waals surface area (Å²) in [4.78, 5) is 11.6. The van der Waals surface area contributed by atoms with Gasteiger partial charge in [0.1, 0.15) is 11.5 Å². The number of rotatable bonds is 6. The fourth-order valence-electron chi connectivity index (χ4n) is 1.68. The van der Waals surface area contributed by atoms with E-state index in [1.54, 1.807) is 43.5 Å². The molecular weight excluding hydrogens is 294 g/mol. The van der Waals surface area contributed by atoms with Crippen molar-refractivity contribution < 1.29 is 14.3 Å². The van der Waals surface area contributed by atoms with E-state index in [9.17, 15) is 4.79 Å². The molecule has 0 aliphatic rings. The zero-order valence-corrected chi connectivity index (χ0v) is 12.5. The lowest BCUT2D eigenvalue weighted by atomic mass is 10.2. The molecule has 0 unspecified atom stereocenters. The van der Waals surface area contributed by atoms with Crippen molar-refractivity contribution in [3.05, 3.63) is 59.7 Å². The largest absolute Gasteiger partial charge is 0.497 e. The van der Waals surface area contributed by atoms with Gasteiger partial charge in [-0.05, 0) is 54.1 Å². The zero-order chi connectivity index (χ0) is 16.5. The van der Waals surface area contributed by atoms with E-state index < -0.39 is 0 Å². The molecule has 0 aliphatic carbocycles. The van der Waals surface area contributed by atoms with Crippen LogP contribution >= 0.6 is 0 Å². The topological polar surface area (TPSA) is 83.7 Å². The molecule has 0 atom stereocenters. The molecule has 0 aromatic heterocycles. The summed E-state index contributed by atoms with van der Waals surface area (Å²) >= 11 is 0. The summed E-state index contributed by atoms with van der Waals surface area (Å²) in [6.45, 7) is -0.161. The van der Waals surface area contributed by atoms with Gasteiger partial charge in [0, 0.05) is 0 Å². The van der Waals surface area contributed by atoms with Crippen LogP contribution in [-0.4, -0.2) is 25.8 Å². The first kappa shape index (κ1) is 16.0. The van der Waals surface area contributed by atoms with E-state index in [-0.39, 0.29) is 12.5 Å². The van der Waals surface area contributed by atoms with E-state index >= 15 is 0 Å². The van der Waals surface area contributed by atoms with Crippen molar-refractivity contribution in [2.45, 2.75) is 0 Å². The monoisotopic (exact) mass is 309 g/mol. The third-order valence-electron chi connectivity index (χ3n) is 2.87. The molecule has 0 aliphatic heterocycles. The van der Waals surface area contributed by atoms with Crippen molar-refractivity contribution >= 4 is 12.1 Å². The summed E-state index contributed by atoms with van der Waals surface area (Å²) in [6, 6.07) is 15.8. The van der Waals surface area contributed by atoms with Crippen molar-refractivity contribution in [1.29, 1.82) is 5.26 Å². The fourth-order valence-corrected chi connectivity index (χ4v) is 1.68. The van der Waals surface area contributed by atoms with E-state index in [2.05, 4.69) is 10.5 Å². The highest BCUT2D eigenvalue weighted by atomic mass is 16.5. The van der Waals surface area contributed by atoms with Crippen LogP contribution < -0.4 is 14.9 Å². The average molecular weight is 309 g/mol.